The molecule has 9 heteroatoms. The van der Waals surface area contributed by atoms with E-state index in [1.807, 2.05) is 84.9 Å². The molecule has 1 aliphatic rings. The quantitative estimate of drug-likeness (QED) is 0.497. The fraction of sp³-hybridized carbons (Fsp3) is 0.231. The number of rotatable bonds is 6. The highest BCUT2D eigenvalue weighted by Crippen LogP contribution is 2.25. The van der Waals surface area contributed by atoms with Gasteiger partial charge in [-0.2, -0.15) is 4.31 Å². The summed E-state index contributed by atoms with van der Waals surface area (Å²) in [5.74, 6) is -0.689. The van der Waals surface area contributed by atoms with Crippen LogP contribution in [0.25, 0.3) is 0 Å². The number of piperazine rings is 1. The van der Waals surface area contributed by atoms with Crippen molar-refractivity contribution in [2.75, 3.05) is 42.7 Å². The van der Waals surface area contributed by atoms with Gasteiger partial charge in [-0.1, -0.05) is 60.7 Å². The maximum Gasteiger partial charge on any atom is 0.238 e. The highest BCUT2D eigenvalue weighted by molar-refractivity contribution is 7.88. The number of nitrogens with one attached hydrogen (secondary N) is 2. The van der Waals surface area contributed by atoms with Crippen molar-refractivity contribution in [1.29, 1.82) is 0 Å². The van der Waals surface area contributed by atoms with Crippen LogP contribution in [-0.4, -0.2) is 56.2 Å². The Morgan fingerprint density at radius 2 is 1.34 bits per heavy atom. The van der Waals surface area contributed by atoms with E-state index in [1.165, 1.54) is 10.6 Å². The number of anilines is 2. The van der Waals surface area contributed by atoms with Crippen molar-refractivity contribution in [2.24, 2.45) is 0 Å². The lowest BCUT2D eigenvalue weighted by Crippen LogP contribution is -2.48. The number of benzene rings is 3. The molecule has 1 amide bonds. The third-order valence-corrected chi connectivity index (χ3v) is 7.47. The maximum atomic E-state index is 13.2. The van der Waals surface area contributed by atoms with Crippen LogP contribution in [0.3, 0.4) is 0 Å². The predicted octanol–water partition coefficient (Wildman–Crippen LogP) is 3.41. The Morgan fingerprint density at radius 1 is 0.829 bits per heavy atom. The van der Waals surface area contributed by atoms with Crippen molar-refractivity contribution in [2.45, 2.75) is 5.92 Å². The zero-order chi connectivity index (χ0) is 24.8. The molecule has 182 valence electrons. The Labute approximate surface area is 211 Å². The van der Waals surface area contributed by atoms with Gasteiger partial charge in [0, 0.05) is 37.6 Å². The third kappa shape index (κ3) is 6.45. The molecule has 1 aliphatic heterocycles. The minimum absolute atomic E-state index is 0.208. The number of carbonyl (C=O) groups is 1. The van der Waals surface area contributed by atoms with E-state index in [0.29, 0.717) is 26.2 Å². The minimum Gasteiger partial charge on any atom is -0.369 e. The van der Waals surface area contributed by atoms with Gasteiger partial charge in [-0.15, -0.1) is 0 Å². The lowest BCUT2D eigenvalue weighted by molar-refractivity contribution is -0.120. The summed E-state index contributed by atoms with van der Waals surface area (Å²) in [7, 11) is -3.16. The number of hydrogen-bond donors (Lipinski definition) is 2. The molecule has 0 aromatic heterocycles. The molecule has 3 aromatic carbocycles. The molecule has 1 heterocycles. The van der Waals surface area contributed by atoms with Crippen LogP contribution in [0, 0.1) is 0 Å². The lowest BCUT2D eigenvalue weighted by atomic mass is 9.90. The summed E-state index contributed by atoms with van der Waals surface area (Å²) >= 11 is 5.42. The van der Waals surface area contributed by atoms with Gasteiger partial charge in [0.15, 0.2) is 5.11 Å². The van der Waals surface area contributed by atoms with Crippen LogP contribution in [-0.2, 0) is 14.8 Å². The SMILES string of the molecule is CS(=O)(=O)N1CCN(c2ccc(NC(=S)NC(=O)C(c3ccccc3)c3ccccc3)cc2)CC1. The Bertz CT molecular complexity index is 1220. The van der Waals surface area contributed by atoms with Crippen molar-refractivity contribution >= 4 is 44.6 Å². The smallest absolute Gasteiger partial charge is 0.238 e. The lowest BCUT2D eigenvalue weighted by Gasteiger charge is -2.34. The fourth-order valence-corrected chi connectivity index (χ4v) is 5.21. The number of carbonyl (C=O) groups excluding carboxylic acids is 1. The molecule has 35 heavy (non-hydrogen) atoms. The number of hydrogen-bond acceptors (Lipinski definition) is 5. The van der Waals surface area contributed by atoms with Crippen molar-refractivity contribution in [3.8, 4) is 0 Å². The average molecular weight is 509 g/mol. The summed E-state index contributed by atoms with van der Waals surface area (Å²) in [6.07, 6.45) is 1.24. The molecule has 0 radical (unpaired) electrons. The van der Waals surface area contributed by atoms with E-state index in [4.69, 9.17) is 12.2 Å². The Morgan fingerprint density at radius 3 is 1.83 bits per heavy atom. The van der Waals surface area contributed by atoms with Crippen LogP contribution >= 0.6 is 12.2 Å². The average Bonchev–Trinajstić information content (AvgIpc) is 2.85. The summed E-state index contributed by atoms with van der Waals surface area (Å²) in [4.78, 5) is 15.4. The van der Waals surface area contributed by atoms with E-state index < -0.39 is 15.9 Å². The van der Waals surface area contributed by atoms with Gasteiger partial charge in [-0.05, 0) is 47.6 Å². The first-order valence-corrected chi connectivity index (χ1v) is 13.6. The molecule has 0 aliphatic carbocycles. The van der Waals surface area contributed by atoms with Crippen LogP contribution in [0.1, 0.15) is 17.0 Å². The molecule has 4 rings (SSSR count). The van der Waals surface area contributed by atoms with E-state index in [9.17, 15) is 13.2 Å². The molecule has 0 bridgehead atoms. The second-order valence-corrected chi connectivity index (χ2v) is 10.8. The van der Waals surface area contributed by atoms with Gasteiger partial charge in [-0.3, -0.25) is 4.79 Å². The highest BCUT2D eigenvalue weighted by atomic mass is 32.2. The maximum absolute atomic E-state index is 13.2. The van der Waals surface area contributed by atoms with Crippen LogP contribution in [0.2, 0.25) is 0 Å². The third-order valence-electron chi connectivity index (χ3n) is 5.96. The predicted molar refractivity (Wildman–Crippen MR) is 144 cm³/mol. The van der Waals surface area contributed by atoms with E-state index in [0.717, 1.165) is 22.5 Å². The minimum atomic E-state index is -3.16. The normalized spacial score (nSPS) is 14.5. The second-order valence-electron chi connectivity index (χ2n) is 8.39. The summed E-state index contributed by atoms with van der Waals surface area (Å²) in [5, 5.41) is 6.14. The zero-order valence-electron chi connectivity index (χ0n) is 19.4. The molecule has 1 saturated heterocycles. The van der Waals surface area contributed by atoms with Crippen molar-refractivity contribution in [3.63, 3.8) is 0 Å². The summed E-state index contributed by atoms with van der Waals surface area (Å²) in [6, 6.07) is 26.9. The van der Waals surface area contributed by atoms with E-state index >= 15 is 0 Å². The number of amides is 1. The van der Waals surface area contributed by atoms with Gasteiger partial charge >= 0.3 is 0 Å². The summed E-state index contributed by atoms with van der Waals surface area (Å²) in [5.41, 5.74) is 3.54. The molecular formula is C26H28N4O3S2. The first-order valence-electron chi connectivity index (χ1n) is 11.3. The summed E-state index contributed by atoms with van der Waals surface area (Å²) < 4.78 is 24.9. The van der Waals surface area contributed by atoms with Gasteiger partial charge in [0.2, 0.25) is 15.9 Å². The molecular weight excluding hydrogens is 480 g/mol. The fourth-order valence-electron chi connectivity index (χ4n) is 4.17. The molecule has 7 nitrogen and oxygen atoms in total. The molecule has 2 N–H and O–H groups in total. The van der Waals surface area contributed by atoms with Gasteiger partial charge < -0.3 is 15.5 Å². The van der Waals surface area contributed by atoms with Gasteiger partial charge in [0.05, 0.1) is 12.2 Å². The van der Waals surface area contributed by atoms with Crippen molar-refractivity contribution in [1.82, 2.24) is 9.62 Å². The van der Waals surface area contributed by atoms with Gasteiger partial charge in [0.1, 0.15) is 0 Å². The molecule has 3 aromatic rings. The number of sulfonamides is 1. The van der Waals surface area contributed by atoms with Crippen LogP contribution in [0.4, 0.5) is 11.4 Å². The van der Waals surface area contributed by atoms with Gasteiger partial charge in [-0.25, -0.2) is 8.42 Å². The van der Waals surface area contributed by atoms with Crippen molar-refractivity contribution < 1.29 is 13.2 Å². The first-order chi connectivity index (χ1) is 16.8. The standard InChI is InChI=1S/C26H28N4O3S2/c1-35(32,33)30-18-16-29(17-19-30)23-14-12-22(13-15-23)27-26(34)28-25(31)24(20-8-4-2-5-9-20)21-10-6-3-7-11-21/h2-15,24H,16-19H2,1H3,(H2,27,28,31,34). The Balaban J connectivity index is 1.38. The van der Waals surface area contributed by atoms with Crippen LogP contribution < -0.4 is 15.5 Å². The van der Waals surface area contributed by atoms with Gasteiger partial charge in [0.25, 0.3) is 0 Å². The zero-order valence-corrected chi connectivity index (χ0v) is 21.1. The topological polar surface area (TPSA) is 81.8 Å². The largest absolute Gasteiger partial charge is 0.369 e. The summed E-state index contributed by atoms with van der Waals surface area (Å²) in [6.45, 7) is 2.21. The van der Waals surface area contributed by atoms with Crippen LogP contribution in [0.15, 0.2) is 84.9 Å². The Kier molecular flexibility index (Phi) is 7.80. The number of nitrogens with zero attached hydrogens (tertiary/aromatic N) is 2. The molecule has 0 spiro atoms. The molecule has 1 fully saturated rings. The Hall–Kier alpha value is -3.27. The molecule has 0 atom stereocenters. The second kappa shape index (κ2) is 11.0. The molecule has 0 saturated carbocycles. The first kappa shape index (κ1) is 24.8. The monoisotopic (exact) mass is 508 g/mol. The van der Waals surface area contributed by atoms with E-state index in [-0.39, 0.29) is 11.0 Å². The molecule has 0 unspecified atom stereocenters. The highest BCUT2D eigenvalue weighted by Gasteiger charge is 2.24. The van der Waals surface area contributed by atoms with E-state index in [1.54, 1.807) is 0 Å². The van der Waals surface area contributed by atoms with E-state index in [2.05, 4.69) is 15.5 Å². The van der Waals surface area contributed by atoms with Crippen LogP contribution in [0.5, 0.6) is 0 Å². The number of thiocarbonyl (C=S) groups is 1. The van der Waals surface area contributed by atoms with Crippen molar-refractivity contribution in [3.05, 3.63) is 96.1 Å².